The van der Waals surface area contributed by atoms with E-state index in [0.29, 0.717) is 5.71 Å². The standard InChI is InChI=1S/C54H33N3OS/c1-2-8-34(9-3-1)37-20-26-43-38(32-37)14-15-39-33-42(25-27-44(39)43)57(40-21-16-35(17-22-40)49-30-28-47-45-10-4-6-12-51(45)58-53(47)55-49)41-23-18-36(19-24-41)50-31-29-48-46-11-5-7-13-52(46)59-54(48)56-50/h1-33H. The summed E-state index contributed by atoms with van der Waals surface area (Å²) in [6.07, 6.45) is 0. The molecule has 0 fully saturated rings. The molecule has 0 radical (unpaired) electrons. The molecule has 0 saturated carbocycles. The van der Waals surface area contributed by atoms with Crippen LogP contribution in [0.5, 0.6) is 0 Å². The zero-order chi connectivity index (χ0) is 38.9. The molecule has 4 nitrogen and oxygen atoms in total. The van der Waals surface area contributed by atoms with Crippen LogP contribution in [-0.4, -0.2) is 9.97 Å². The van der Waals surface area contributed by atoms with Gasteiger partial charge in [-0.25, -0.2) is 9.97 Å². The van der Waals surface area contributed by atoms with Crippen molar-refractivity contribution in [3.63, 3.8) is 0 Å². The first-order chi connectivity index (χ1) is 29.2. The van der Waals surface area contributed by atoms with Crippen molar-refractivity contribution in [3.05, 3.63) is 200 Å². The van der Waals surface area contributed by atoms with E-state index in [1.165, 1.54) is 48.1 Å². The quantitative estimate of drug-likeness (QED) is 0.158. The van der Waals surface area contributed by atoms with Gasteiger partial charge in [0, 0.05) is 54.4 Å². The first-order valence-electron chi connectivity index (χ1n) is 19.8. The molecule has 0 aliphatic heterocycles. The van der Waals surface area contributed by atoms with Crippen LogP contribution in [0.1, 0.15) is 0 Å². The van der Waals surface area contributed by atoms with E-state index in [-0.39, 0.29) is 0 Å². The maximum atomic E-state index is 6.13. The van der Waals surface area contributed by atoms with E-state index >= 15 is 0 Å². The Balaban J connectivity index is 0.937. The largest absolute Gasteiger partial charge is 0.438 e. The Morgan fingerprint density at radius 3 is 1.71 bits per heavy atom. The number of rotatable bonds is 6. The average Bonchev–Trinajstić information content (AvgIpc) is 3.87. The van der Waals surface area contributed by atoms with Crippen molar-refractivity contribution >= 4 is 92.3 Å². The predicted octanol–water partition coefficient (Wildman–Crippen LogP) is 15.5. The number of furan rings is 1. The van der Waals surface area contributed by atoms with Crippen LogP contribution in [0.15, 0.2) is 205 Å². The van der Waals surface area contributed by atoms with Crippen LogP contribution in [0.2, 0.25) is 0 Å². The van der Waals surface area contributed by atoms with Gasteiger partial charge in [-0.3, -0.25) is 0 Å². The Labute approximate surface area is 343 Å². The summed E-state index contributed by atoms with van der Waals surface area (Å²) in [5.74, 6) is 0. The Bertz CT molecular complexity index is 3400. The lowest BCUT2D eigenvalue weighted by atomic mass is 9.97. The van der Waals surface area contributed by atoms with Gasteiger partial charge >= 0.3 is 0 Å². The number of benzene rings is 8. The Morgan fingerprint density at radius 2 is 0.949 bits per heavy atom. The van der Waals surface area contributed by atoms with Gasteiger partial charge in [-0.15, -0.1) is 11.3 Å². The van der Waals surface area contributed by atoms with Crippen molar-refractivity contribution < 1.29 is 4.42 Å². The Kier molecular flexibility index (Phi) is 7.68. The Morgan fingerprint density at radius 1 is 0.373 bits per heavy atom. The van der Waals surface area contributed by atoms with E-state index in [9.17, 15) is 0 Å². The van der Waals surface area contributed by atoms with Gasteiger partial charge in [-0.2, -0.15) is 0 Å². The summed E-state index contributed by atoms with van der Waals surface area (Å²) >= 11 is 1.75. The minimum Gasteiger partial charge on any atom is -0.438 e. The summed E-state index contributed by atoms with van der Waals surface area (Å²) in [4.78, 5) is 13.4. The second-order valence-corrected chi connectivity index (χ2v) is 16.0. The fourth-order valence-electron chi connectivity index (χ4n) is 8.55. The number of aromatic nitrogens is 2. The maximum Gasteiger partial charge on any atom is 0.227 e. The van der Waals surface area contributed by atoms with Crippen LogP contribution in [0.25, 0.3) is 97.6 Å². The summed E-state index contributed by atoms with van der Waals surface area (Å²) in [6.45, 7) is 0. The van der Waals surface area contributed by atoms with E-state index in [4.69, 9.17) is 14.4 Å². The van der Waals surface area contributed by atoms with Crippen molar-refractivity contribution in [2.75, 3.05) is 4.90 Å². The zero-order valence-corrected chi connectivity index (χ0v) is 32.5. The smallest absolute Gasteiger partial charge is 0.227 e. The summed E-state index contributed by atoms with van der Waals surface area (Å²) < 4.78 is 7.39. The third-order valence-electron chi connectivity index (χ3n) is 11.5. The van der Waals surface area contributed by atoms with Gasteiger partial charge in [0.25, 0.3) is 0 Å². The highest BCUT2D eigenvalue weighted by atomic mass is 32.1. The third-order valence-corrected chi connectivity index (χ3v) is 12.6. The summed E-state index contributed by atoms with van der Waals surface area (Å²) in [6, 6.07) is 71.3. The fourth-order valence-corrected chi connectivity index (χ4v) is 9.63. The maximum absolute atomic E-state index is 6.13. The van der Waals surface area contributed by atoms with Gasteiger partial charge in [-0.1, -0.05) is 121 Å². The molecule has 0 N–H and O–H groups in total. The van der Waals surface area contributed by atoms with Gasteiger partial charge in [0.1, 0.15) is 10.4 Å². The van der Waals surface area contributed by atoms with Crippen LogP contribution in [0.3, 0.4) is 0 Å². The fraction of sp³-hybridized carbons (Fsp3) is 0. The molecule has 0 aliphatic carbocycles. The SMILES string of the molecule is c1ccc(-c2ccc3c(ccc4cc(N(c5ccc(-c6ccc7c(n6)oc6ccccc67)cc5)c5ccc(-c6ccc7c(n6)sc6ccccc67)cc5)ccc43)c2)cc1. The molecule has 4 aromatic heterocycles. The Hall–Kier alpha value is -7.60. The lowest BCUT2D eigenvalue weighted by Gasteiger charge is -2.26. The highest BCUT2D eigenvalue weighted by Gasteiger charge is 2.17. The van der Waals surface area contributed by atoms with Crippen molar-refractivity contribution in [1.82, 2.24) is 9.97 Å². The molecule has 0 spiro atoms. The lowest BCUT2D eigenvalue weighted by Crippen LogP contribution is -2.10. The summed E-state index contributed by atoms with van der Waals surface area (Å²) in [5.41, 5.74) is 11.1. The number of pyridine rings is 2. The molecular formula is C54H33N3OS. The third kappa shape index (κ3) is 5.74. The number of fused-ring (bicyclic) bond motifs is 9. The van der Waals surface area contributed by atoms with E-state index in [2.05, 4.69) is 187 Å². The number of para-hydroxylation sites is 1. The van der Waals surface area contributed by atoms with Crippen LogP contribution < -0.4 is 4.90 Å². The number of anilines is 3. The minimum absolute atomic E-state index is 0.649. The molecule has 8 aromatic carbocycles. The van der Waals surface area contributed by atoms with Crippen molar-refractivity contribution in [1.29, 1.82) is 0 Å². The van der Waals surface area contributed by atoms with Crippen molar-refractivity contribution in [2.45, 2.75) is 0 Å². The van der Waals surface area contributed by atoms with Crippen LogP contribution in [0.4, 0.5) is 17.1 Å². The molecule has 59 heavy (non-hydrogen) atoms. The number of nitrogens with zero attached hydrogens (tertiary/aromatic N) is 3. The molecule has 0 aliphatic rings. The highest BCUT2D eigenvalue weighted by Crippen LogP contribution is 2.40. The first kappa shape index (κ1) is 33.5. The van der Waals surface area contributed by atoms with Crippen LogP contribution >= 0.6 is 11.3 Å². The minimum atomic E-state index is 0.649. The summed E-state index contributed by atoms with van der Waals surface area (Å²) in [7, 11) is 0. The van der Waals surface area contributed by atoms with Gasteiger partial charge in [0.15, 0.2) is 0 Å². The van der Waals surface area contributed by atoms with Crippen molar-refractivity contribution in [3.8, 4) is 33.6 Å². The molecule has 5 heteroatoms. The molecule has 0 saturated heterocycles. The molecule has 0 unspecified atom stereocenters. The van der Waals surface area contributed by atoms with Crippen LogP contribution in [-0.2, 0) is 0 Å². The zero-order valence-electron chi connectivity index (χ0n) is 31.7. The van der Waals surface area contributed by atoms with E-state index in [0.717, 1.165) is 60.8 Å². The normalized spacial score (nSPS) is 11.7. The molecule has 0 bridgehead atoms. The van der Waals surface area contributed by atoms with Crippen LogP contribution in [0, 0.1) is 0 Å². The number of hydrogen-bond donors (Lipinski definition) is 0. The van der Waals surface area contributed by atoms with Gasteiger partial charge < -0.3 is 9.32 Å². The molecule has 0 amide bonds. The molecule has 12 rings (SSSR count). The van der Waals surface area contributed by atoms with E-state index in [1.807, 2.05) is 18.2 Å². The number of hydrogen-bond acceptors (Lipinski definition) is 5. The summed E-state index contributed by atoms with van der Waals surface area (Å²) in [5, 5.41) is 9.45. The topological polar surface area (TPSA) is 42.2 Å². The van der Waals surface area contributed by atoms with Gasteiger partial charge in [0.2, 0.25) is 5.71 Å². The van der Waals surface area contributed by atoms with Gasteiger partial charge in [-0.05, 0) is 112 Å². The monoisotopic (exact) mass is 771 g/mol. The molecular weight excluding hydrogens is 739 g/mol. The second kappa shape index (κ2) is 13.5. The molecule has 0 atom stereocenters. The second-order valence-electron chi connectivity index (χ2n) is 15.0. The molecule has 276 valence electrons. The first-order valence-corrected chi connectivity index (χ1v) is 20.6. The van der Waals surface area contributed by atoms with E-state index < -0.39 is 0 Å². The molecule has 12 aromatic rings. The number of thiophene rings is 1. The van der Waals surface area contributed by atoms with Crippen molar-refractivity contribution in [2.24, 2.45) is 0 Å². The molecule has 4 heterocycles. The van der Waals surface area contributed by atoms with E-state index in [1.54, 1.807) is 11.3 Å². The predicted molar refractivity (Wildman–Crippen MR) is 248 cm³/mol. The highest BCUT2D eigenvalue weighted by molar-refractivity contribution is 7.25. The van der Waals surface area contributed by atoms with Gasteiger partial charge in [0.05, 0.1) is 11.4 Å². The average molecular weight is 772 g/mol. The lowest BCUT2D eigenvalue weighted by molar-refractivity contribution is 0.654.